The molecular formula is C36H36N2O4. The first-order chi connectivity index (χ1) is 20.5. The molecular weight excluding hydrogens is 524 g/mol. The fraction of sp³-hybridized carbons (Fsp3) is 0.250. The molecule has 0 saturated carbocycles. The largest absolute Gasteiger partial charge is 0.382 e. The molecule has 1 aliphatic heterocycles. The summed E-state index contributed by atoms with van der Waals surface area (Å²) < 4.78 is 20.7. The maximum atomic E-state index is 12.2. The molecule has 2 heterocycles. The van der Waals surface area contributed by atoms with Crippen molar-refractivity contribution in [1.82, 2.24) is 9.55 Å². The molecule has 1 fully saturated rings. The molecule has 0 amide bonds. The number of aliphatic hydroxyl groups excluding tert-OH is 1. The SMILES string of the molecule is CC1(C)OC[C@@H]([C@H](OCc2ccccc2)[C@@H](O)c2nccn2C(c2ccccc2)(c2ccccc2)c2ccccc2)O1. The van der Waals surface area contributed by atoms with E-state index in [0.717, 1.165) is 22.3 Å². The lowest BCUT2D eigenvalue weighted by atomic mass is 9.76. The lowest BCUT2D eigenvalue weighted by Crippen LogP contribution is -2.43. The van der Waals surface area contributed by atoms with Gasteiger partial charge in [-0.25, -0.2) is 4.98 Å². The van der Waals surface area contributed by atoms with Crippen LogP contribution in [0, 0.1) is 0 Å². The number of imidazole rings is 1. The molecule has 1 aromatic heterocycles. The Morgan fingerprint density at radius 2 is 1.33 bits per heavy atom. The van der Waals surface area contributed by atoms with Crippen LogP contribution in [-0.2, 0) is 26.4 Å². The zero-order valence-corrected chi connectivity index (χ0v) is 23.9. The van der Waals surface area contributed by atoms with Crippen LogP contribution in [0.1, 0.15) is 48.0 Å². The Labute approximate surface area is 247 Å². The van der Waals surface area contributed by atoms with Gasteiger partial charge >= 0.3 is 0 Å². The van der Waals surface area contributed by atoms with Gasteiger partial charge in [0, 0.05) is 12.4 Å². The van der Waals surface area contributed by atoms with Crippen molar-refractivity contribution in [3.8, 4) is 0 Å². The number of hydrogen-bond acceptors (Lipinski definition) is 5. The Balaban J connectivity index is 1.50. The minimum atomic E-state index is -1.12. The molecule has 0 bridgehead atoms. The fourth-order valence-corrected chi connectivity index (χ4v) is 5.97. The summed E-state index contributed by atoms with van der Waals surface area (Å²) >= 11 is 0. The standard InChI is InChI=1S/C36H36N2O4/c1-35(2)41-26-31(42-35)33(40-25-27-15-7-3-8-16-27)32(39)34-37-23-24-38(34)36(28-17-9-4-10-18-28,29-19-11-5-12-20-29)30-21-13-6-14-22-30/h3-24,31-33,39H,25-26H2,1-2H3/t31-,32+,33-/m0/s1. The van der Waals surface area contributed by atoms with Crippen molar-refractivity contribution in [2.75, 3.05) is 6.61 Å². The zero-order chi connectivity index (χ0) is 29.0. The summed E-state index contributed by atoms with van der Waals surface area (Å²) in [6.07, 6.45) is 1.32. The van der Waals surface area contributed by atoms with Crippen LogP contribution in [0.3, 0.4) is 0 Å². The number of rotatable bonds is 10. The second kappa shape index (κ2) is 12.0. The van der Waals surface area contributed by atoms with Gasteiger partial charge in [-0.1, -0.05) is 121 Å². The Morgan fingerprint density at radius 3 is 1.81 bits per heavy atom. The predicted octanol–water partition coefficient (Wildman–Crippen LogP) is 6.49. The monoisotopic (exact) mass is 560 g/mol. The minimum Gasteiger partial charge on any atom is -0.382 e. The van der Waals surface area contributed by atoms with Crippen LogP contribution >= 0.6 is 0 Å². The van der Waals surface area contributed by atoms with Gasteiger partial charge in [-0.3, -0.25) is 0 Å². The molecule has 6 rings (SSSR count). The number of aromatic nitrogens is 2. The van der Waals surface area contributed by atoms with Crippen molar-refractivity contribution in [2.45, 2.75) is 50.1 Å². The highest BCUT2D eigenvalue weighted by molar-refractivity contribution is 5.51. The van der Waals surface area contributed by atoms with Crippen molar-refractivity contribution in [3.05, 3.63) is 162 Å². The van der Waals surface area contributed by atoms with Gasteiger partial charge in [0.05, 0.1) is 13.2 Å². The van der Waals surface area contributed by atoms with Crippen LogP contribution < -0.4 is 0 Å². The van der Waals surface area contributed by atoms with E-state index in [0.29, 0.717) is 19.0 Å². The number of nitrogens with zero attached hydrogens (tertiary/aromatic N) is 2. The van der Waals surface area contributed by atoms with E-state index < -0.39 is 29.6 Å². The summed E-state index contributed by atoms with van der Waals surface area (Å²) in [5, 5.41) is 12.2. The van der Waals surface area contributed by atoms with Gasteiger partial charge in [0.15, 0.2) is 5.79 Å². The molecule has 1 N–H and O–H groups in total. The first kappa shape index (κ1) is 28.1. The molecule has 0 spiro atoms. The molecule has 0 unspecified atom stereocenters. The lowest BCUT2D eigenvalue weighted by Gasteiger charge is -2.40. The number of ether oxygens (including phenoxy) is 3. The Morgan fingerprint density at radius 1 is 0.833 bits per heavy atom. The molecule has 6 heteroatoms. The van der Waals surface area contributed by atoms with Crippen molar-refractivity contribution in [1.29, 1.82) is 0 Å². The van der Waals surface area contributed by atoms with Gasteiger partial charge in [0.2, 0.25) is 0 Å². The summed E-state index contributed by atoms with van der Waals surface area (Å²) in [7, 11) is 0. The molecule has 1 aliphatic rings. The van der Waals surface area contributed by atoms with E-state index in [4.69, 9.17) is 19.2 Å². The van der Waals surface area contributed by atoms with E-state index in [1.165, 1.54) is 0 Å². The first-order valence-corrected chi connectivity index (χ1v) is 14.3. The Bertz CT molecular complexity index is 1460. The highest BCUT2D eigenvalue weighted by atomic mass is 16.7. The molecule has 4 aromatic carbocycles. The second-order valence-electron chi connectivity index (χ2n) is 11.0. The molecule has 42 heavy (non-hydrogen) atoms. The topological polar surface area (TPSA) is 65.7 Å². The van der Waals surface area contributed by atoms with E-state index in [9.17, 15) is 5.11 Å². The minimum absolute atomic E-state index is 0.297. The molecule has 5 aromatic rings. The summed E-state index contributed by atoms with van der Waals surface area (Å²) in [4.78, 5) is 4.78. The second-order valence-corrected chi connectivity index (χ2v) is 11.0. The maximum Gasteiger partial charge on any atom is 0.163 e. The van der Waals surface area contributed by atoms with Gasteiger partial charge in [-0.15, -0.1) is 0 Å². The normalized spacial score (nSPS) is 18.0. The molecule has 214 valence electrons. The molecule has 3 atom stereocenters. The summed E-state index contributed by atoms with van der Waals surface area (Å²) in [6, 6.07) is 41.0. The Hall–Kier alpha value is -4.07. The predicted molar refractivity (Wildman–Crippen MR) is 162 cm³/mol. The van der Waals surface area contributed by atoms with Crippen LogP contribution in [0.4, 0.5) is 0 Å². The molecule has 1 saturated heterocycles. The highest BCUT2D eigenvalue weighted by Crippen LogP contribution is 2.43. The van der Waals surface area contributed by atoms with E-state index in [2.05, 4.69) is 41.0 Å². The van der Waals surface area contributed by atoms with Crippen LogP contribution in [0.2, 0.25) is 0 Å². The highest BCUT2D eigenvalue weighted by Gasteiger charge is 2.45. The lowest BCUT2D eigenvalue weighted by molar-refractivity contribution is -0.173. The average molecular weight is 561 g/mol. The van der Waals surface area contributed by atoms with Gasteiger partial charge in [0.25, 0.3) is 0 Å². The molecule has 6 nitrogen and oxygen atoms in total. The Kier molecular flexibility index (Phi) is 8.05. The van der Waals surface area contributed by atoms with Gasteiger partial charge in [-0.2, -0.15) is 0 Å². The number of hydrogen-bond donors (Lipinski definition) is 1. The van der Waals surface area contributed by atoms with Gasteiger partial charge < -0.3 is 23.9 Å². The third kappa shape index (κ3) is 5.42. The fourth-order valence-electron chi connectivity index (χ4n) is 5.97. The summed E-state index contributed by atoms with van der Waals surface area (Å²) in [5.41, 5.74) is 3.29. The van der Waals surface area contributed by atoms with E-state index in [-0.39, 0.29) is 0 Å². The van der Waals surface area contributed by atoms with Crippen LogP contribution in [0.15, 0.2) is 134 Å². The van der Waals surface area contributed by atoms with Crippen LogP contribution in [-0.4, -0.2) is 39.3 Å². The van der Waals surface area contributed by atoms with Crippen LogP contribution in [0.25, 0.3) is 0 Å². The van der Waals surface area contributed by atoms with Crippen LogP contribution in [0.5, 0.6) is 0 Å². The maximum absolute atomic E-state index is 12.2. The van der Waals surface area contributed by atoms with E-state index >= 15 is 0 Å². The third-order valence-electron chi connectivity index (χ3n) is 7.86. The van der Waals surface area contributed by atoms with E-state index in [1.54, 1.807) is 6.20 Å². The summed E-state index contributed by atoms with van der Waals surface area (Å²) in [5.74, 6) is -0.311. The smallest absolute Gasteiger partial charge is 0.163 e. The van der Waals surface area contributed by atoms with E-state index in [1.807, 2.05) is 105 Å². The first-order valence-electron chi connectivity index (χ1n) is 14.3. The number of aliphatic hydroxyl groups is 1. The molecule has 0 radical (unpaired) electrons. The van der Waals surface area contributed by atoms with Crippen molar-refractivity contribution < 1.29 is 19.3 Å². The third-order valence-corrected chi connectivity index (χ3v) is 7.86. The summed E-state index contributed by atoms with van der Waals surface area (Å²) in [6.45, 7) is 4.36. The molecule has 0 aliphatic carbocycles. The zero-order valence-electron chi connectivity index (χ0n) is 23.9. The van der Waals surface area contributed by atoms with Gasteiger partial charge in [-0.05, 0) is 36.1 Å². The van der Waals surface area contributed by atoms with Crippen molar-refractivity contribution >= 4 is 0 Å². The quantitative estimate of drug-likeness (QED) is 0.198. The van der Waals surface area contributed by atoms with Gasteiger partial charge in [0.1, 0.15) is 29.7 Å². The van der Waals surface area contributed by atoms with Crippen molar-refractivity contribution in [3.63, 3.8) is 0 Å². The number of benzene rings is 4. The average Bonchev–Trinajstić information content (AvgIpc) is 3.66. The van der Waals surface area contributed by atoms with Crippen molar-refractivity contribution in [2.24, 2.45) is 0 Å².